The highest BCUT2D eigenvalue weighted by Crippen LogP contribution is 2.33. The molecule has 106 valence electrons. The fourth-order valence-electron chi connectivity index (χ4n) is 1.91. The molecule has 1 fully saturated rings. The Bertz CT molecular complexity index is 308. The third kappa shape index (κ3) is 2.79. The molecule has 0 aliphatic carbocycles. The molecule has 18 heavy (non-hydrogen) atoms. The van der Waals surface area contributed by atoms with Gasteiger partial charge in [-0.3, -0.25) is 0 Å². The molecule has 8 heteroatoms. The van der Waals surface area contributed by atoms with E-state index in [9.17, 15) is 25.2 Å². The summed E-state index contributed by atoms with van der Waals surface area (Å²) in [6.07, 6.45) is -6.24. The molecule has 1 rings (SSSR count). The van der Waals surface area contributed by atoms with E-state index in [-0.39, 0.29) is 0 Å². The summed E-state index contributed by atoms with van der Waals surface area (Å²) in [6.45, 7) is 0.722. The second-order valence-electron chi connectivity index (χ2n) is 4.54. The van der Waals surface area contributed by atoms with Gasteiger partial charge in [-0.15, -0.1) is 0 Å². The van der Waals surface area contributed by atoms with Gasteiger partial charge >= 0.3 is 5.97 Å². The number of hydrogen-bond acceptors (Lipinski definition) is 7. The molecule has 1 aliphatic rings. The van der Waals surface area contributed by atoms with E-state index >= 15 is 0 Å². The number of aliphatic hydroxyl groups excluding tert-OH is 4. The van der Waals surface area contributed by atoms with Crippen molar-refractivity contribution in [3.05, 3.63) is 0 Å². The summed E-state index contributed by atoms with van der Waals surface area (Å²) in [7, 11) is 0. The molecule has 0 aromatic heterocycles. The van der Waals surface area contributed by atoms with Gasteiger partial charge in [0.05, 0.1) is 18.8 Å². The van der Waals surface area contributed by atoms with Crippen LogP contribution in [0, 0.1) is 5.92 Å². The fourth-order valence-corrected chi connectivity index (χ4v) is 1.91. The summed E-state index contributed by atoms with van der Waals surface area (Å²) in [5.41, 5.74) is 0. The van der Waals surface area contributed by atoms with Crippen molar-refractivity contribution in [3.8, 4) is 0 Å². The van der Waals surface area contributed by atoms with Crippen molar-refractivity contribution in [1.29, 1.82) is 0 Å². The van der Waals surface area contributed by atoms with Gasteiger partial charge in [-0.1, -0.05) is 6.92 Å². The fraction of sp³-hybridized carbons (Fsp3) is 0.900. The second-order valence-corrected chi connectivity index (χ2v) is 4.54. The van der Waals surface area contributed by atoms with E-state index < -0.39 is 55.1 Å². The summed E-state index contributed by atoms with van der Waals surface area (Å²) >= 11 is 0. The zero-order chi connectivity index (χ0) is 14.1. The van der Waals surface area contributed by atoms with Crippen molar-refractivity contribution in [2.45, 2.75) is 43.5 Å². The molecule has 1 aliphatic heterocycles. The van der Waals surface area contributed by atoms with E-state index in [1.807, 2.05) is 0 Å². The number of carbonyl (C=O) groups is 1. The van der Waals surface area contributed by atoms with E-state index in [0.29, 0.717) is 0 Å². The first-order valence-corrected chi connectivity index (χ1v) is 5.51. The maximum atomic E-state index is 10.9. The average molecular weight is 266 g/mol. The molecule has 1 saturated heterocycles. The second kappa shape index (κ2) is 5.47. The maximum absolute atomic E-state index is 10.9. The zero-order valence-corrected chi connectivity index (χ0v) is 9.80. The van der Waals surface area contributed by atoms with Crippen molar-refractivity contribution < 1.29 is 40.2 Å². The molecule has 1 heterocycles. The van der Waals surface area contributed by atoms with Gasteiger partial charge in [0.15, 0.2) is 0 Å². The van der Waals surface area contributed by atoms with Crippen molar-refractivity contribution in [2.24, 2.45) is 5.92 Å². The summed E-state index contributed by atoms with van der Waals surface area (Å²) in [5.74, 6) is -5.02. The molecular weight excluding hydrogens is 248 g/mol. The lowest BCUT2D eigenvalue weighted by atomic mass is 9.85. The van der Waals surface area contributed by atoms with E-state index in [1.54, 1.807) is 0 Å². The Morgan fingerprint density at radius 3 is 2.50 bits per heavy atom. The Morgan fingerprint density at radius 2 is 2.06 bits per heavy atom. The van der Waals surface area contributed by atoms with Gasteiger partial charge < -0.3 is 35.4 Å². The highest BCUT2D eigenvalue weighted by Gasteiger charge is 2.51. The Balaban J connectivity index is 2.92. The van der Waals surface area contributed by atoms with Gasteiger partial charge in [-0.05, 0) is 0 Å². The third-order valence-electron chi connectivity index (χ3n) is 3.19. The van der Waals surface area contributed by atoms with Crippen LogP contribution in [0.15, 0.2) is 0 Å². The Labute approximate surface area is 103 Å². The molecule has 0 amide bonds. The van der Waals surface area contributed by atoms with Gasteiger partial charge in [0.1, 0.15) is 12.2 Å². The van der Waals surface area contributed by atoms with Gasteiger partial charge in [0.25, 0.3) is 5.79 Å². The Hall–Kier alpha value is -0.770. The average Bonchev–Trinajstić information content (AvgIpc) is 2.31. The van der Waals surface area contributed by atoms with Crippen LogP contribution in [0.3, 0.4) is 0 Å². The highest BCUT2D eigenvalue weighted by molar-refractivity contribution is 5.75. The number of rotatable bonds is 4. The minimum atomic E-state index is -2.62. The van der Waals surface area contributed by atoms with Crippen LogP contribution in [-0.2, 0) is 9.53 Å². The van der Waals surface area contributed by atoms with Crippen molar-refractivity contribution in [2.75, 3.05) is 6.61 Å². The third-order valence-corrected chi connectivity index (χ3v) is 3.19. The summed E-state index contributed by atoms with van der Waals surface area (Å²) in [4.78, 5) is 10.9. The molecule has 4 unspecified atom stereocenters. The molecule has 8 nitrogen and oxygen atoms in total. The van der Waals surface area contributed by atoms with Gasteiger partial charge in [0.2, 0.25) is 0 Å². The molecule has 0 radical (unpaired) electrons. The molecule has 0 aromatic rings. The first kappa shape index (κ1) is 15.3. The number of carboxylic acids is 1. The molecule has 0 saturated carbocycles. The van der Waals surface area contributed by atoms with Crippen LogP contribution in [0.1, 0.15) is 13.3 Å². The lowest BCUT2D eigenvalue weighted by molar-refractivity contribution is -0.302. The SMILES string of the molecule is CC1C(O)C[C@](O)(C(=O)O)OC1C(O)[C@H](O)CO. The van der Waals surface area contributed by atoms with Crippen LogP contribution in [0.5, 0.6) is 0 Å². The van der Waals surface area contributed by atoms with Crippen LogP contribution in [0.4, 0.5) is 0 Å². The van der Waals surface area contributed by atoms with E-state index in [0.717, 1.165) is 0 Å². The van der Waals surface area contributed by atoms with Crippen molar-refractivity contribution >= 4 is 5.97 Å². The van der Waals surface area contributed by atoms with Crippen LogP contribution >= 0.6 is 0 Å². The smallest absolute Gasteiger partial charge is 0.364 e. The molecule has 0 aromatic carbocycles. The largest absolute Gasteiger partial charge is 0.477 e. The highest BCUT2D eigenvalue weighted by atomic mass is 16.7. The van der Waals surface area contributed by atoms with Gasteiger partial charge in [0, 0.05) is 12.3 Å². The summed E-state index contributed by atoms with van der Waals surface area (Å²) in [6, 6.07) is 0. The standard InChI is InChI=1S/C10H18O8/c1-4-5(12)2-10(17,9(15)16)18-8(4)7(14)6(13)3-11/h4-8,11-14,17H,2-3H2,1H3,(H,15,16)/t4?,5?,6-,7?,8?,10-/m1/s1. The predicted octanol–water partition coefficient (Wildman–Crippen LogP) is -2.74. The minimum Gasteiger partial charge on any atom is -0.477 e. The minimum absolute atomic E-state index is 0.540. The number of hydrogen-bond donors (Lipinski definition) is 6. The number of aliphatic carboxylic acids is 1. The monoisotopic (exact) mass is 266 g/mol. The number of ether oxygens (including phenoxy) is 1. The molecule has 6 N–H and O–H groups in total. The molecule has 0 bridgehead atoms. The van der Waals surface area contributed by atoms with Gasteiger partial charge in [-0.2, -0.15) is 0 Å². The van der Waals surface area contributed by atoms with Crippen molar-refractivity contribution in [1.82, 2.24) is 0 Å². The van der Waals surface area contributed by atoms with E-state index in [1.165, 1.54) is 6.92 Å². The Morgan fingerprint density at radius 1 is 1.50 bits per heavy atom. The quantitative estimate of drug-likeness (QED) is 0.321. The molecule has 0 spiro atoms. The van der Waals surface area contributed by atoms with Crippen LogP contribution < -0.4 is 0 Å². The first-order valence-electron chi connectivity index (χ1n) is 5.51. The van der Waals surface area contributed by atoms with E-state index in [2.05, 4.69) is 0 Å². The molecular formula is C10H18O8. The lowest BCUT2D eigenvalue weighted by Crippen LogP contribution is -2.60. The maximum Gasteiger partial charge on any atom is 0.364 e. The van der Waals surface area contributed by atoms with Crippen LogP contribution in [-0.4, -0.2) is 73.4 Å². The zero-order valence-electron chi connectivity index (χ0n) is 9.80. The normalized spacial score (nSPS) is 40.2. The van der Waals surface area contributed by atoms with Crippen LogP contribution in [0.25, 0.3) is 0 Å². The summed E-state index contributed by atoms with van der Waals surface area (Å²) < 4.78 is 4.88. The predicted molar refractivity (Wildman–Crippen MR) is 56.3 cm³/mol. The van der Waals surface area contributed by atoms with Crippen LogP contribution in [0.2, 0.25) is 0 Å². The van der Waals surface area contributed by atoms with E-state index in [4.69, 9.17) is 14.9 Å². The number of carboxylic acid groups (broad SMARTS) is 1. The lowest BCUT2D eigenvalue weighted by Gasteiger charge is -2.43. The van der Waals surface area contributed by atoms with Gasteiger partial charge in [-0.25, -0.2) is 4.79 Å². The van der Waals surface area contributed by atoms with Crippen molar-refractivity contribution in [3.63, 3.8) is 0 Å². The topological polar surface area (TPSA) is 148 Å². The first-order chi connectivity index (χ1) is 8.23. The molecule has 6 atom stereocenters. The number of aliphatic hydroxyl groups is 5. The summed E-state index contributed by atoms with van der Waals surface area (Å²) in [5, 5.41) is 55.9. The Kier molecular flexibility index (Phi) is 4.65.